The van der Waals surface area contributed by atoms with Crippen LogP contribution >= 0.6 is 11.3 Å². The molecule has 0 saturated heterocycles. The molecule has 4 nitrogen and oxygen atoms in total. The Balaban J connectivity index is 2.06. The van der Waals surface area contributed by atoms with Crippen LogP contribution in [0.25, 0.3) is 20.8 Å². The van der Waals surface area contributed by atoms with Gasteiger partial charge in [0.2, 0.25) is 0 Å². The number of carboxylic acid groups (broad SMARTS) is 1. The monoisotopic (exact) mass is 299 g/mol. The molecule has 0 radical (unpaired) electrons. The van der Waals surface area contributed by atoms with E-state index in [1.54, 1.807) is 7.11 Å². The summed E-state index contributed by atoms with van der Waals surface area (Å²) in [5, 5.41) is 9.73. The normalized spacial score (nSPS) is 10.7. The number of fused-ring (bicyclic) bond motifs is 1. The number of aromatic nitrogens is 1. The highest BCUT2D eigenvalue weighted by atomic mass is 32.1. The first-order valence-electron chi connectivity index (χ1n) is 6.42. The van der Waals surface area contributed by atoms with Gasteiger partial charge >= 0.3 is 5.97 Å². The molecule has 1 aromatic heterocycles. The number of benzene rings is 2. The summed E-state index contributed by atoms with van der Waals surface area (Å²) in [4.78, 5) is 15.4. The van der Waals surface area contributed by atoms with E-state index in [2.05, 4.69) is 4.98 Å². The molecule has 0 fully saturated rings. The van der Waals surface area contributed by atoms with Gasteiger partial charge in [0.1, 0.15) is 10.8 Å². The fourth-order valence-corrected chi connectivity index (χ4v) is 3.25. The molecule has 3 rings (SSSR count). The summed E-state index contributed by atoms with van der Waals surface area (Å²) in [6, 6.07) is 13.3. The molecule has 0 amide bonds. The van der Waals surface area contributed by atoms with Crippen molar-refractivity contribution in [3.8, 4) is 16.3 Å². The van der Waals surface area contributed by atoms with Gasteiger partial charge in [-0.25, -0.2) is 4.98 Å². The van der Waals surface area contributed by atoms with Gasteiger partial charge in [0.25, 0.3) is 0 Å². The Hall–Kier alpha value is -2.40. The summed E-state index contributed by atoms with van der Waals surface area (Å²) >= 11 is 1.54. The second-order valence-corrected chi connectivity index (χ2v) is 5.62. The number of ether oxygens (including phenoxy) is 1. The quantitative estimate of drug-likeness (QED) is 0.799. The number of aliphatic carboxylic acids is 1. The third kappa shape index (κ3) is 2.73. The van der Waals surface area contributed by atoms with E-state index in [4.69, 9.17) is 9.84 Å². The minimum absolute atomic E-state index is 0.0256. The fourth-order valence-electron chi connectivity index (χ4n) is 2.19. The zero-order chi connectivity index (χ0) is 14.8. The van der Waals surface area contributed by atoms with E-state index < -0.39 is 5.97 Å². The van der Waals surface area contributed by atoms with Gasteiger partial charge < -0.3 is 9.84 Å². The van der Waals surface area contributed by atoms with Crippen LogP contribution in [-0.4, -0.2) is 23.2 Å². The first kappa shape index (κ1) is 13.6. The van der Waals surface area contributed by atoms with Crippen LogP contribution in [0.3, 0.4) is 0 Å². The number of thiazole rings is 1. The van der Waals surface area contributed by atoms with Crippen molar-refractivity contribution in [3.63, 3.8) is 0 Å². The molecule has 0 atom stereocenters. The minimum atomic E-state index is -0.830. The molecule has 3 aromatic rings. The van der Waals surface area contributed by atoms with E-state index in [0.717, 1.165) is 32.1 Å². The highest BCUT2D eigenvalue weighted by Crippen LogP contribution is 2.35. The average Bonchev–Trinajstić information content (AvgIpc) is 2.89. The van der Waals surface area contributed by atoms with Gasteiger partial charge in [-0.15, -0.1) is 11.3 Å². The summed E-state index contributed by atoms with van der Waals surface area (Å²) < 4.78 is 6.34. The van der Waals surface area contributed by atoms with Gasteiger partial charge in [-0.3, -0.25) is 4.79 Å². The minimum Gasteiger partial charge on any atom is -0.496 e. The maximum atomic E-state index is 10.8. The number of methoxy groups -OCH3 is 1. The summed E-state index contributed by atoms with van der Waals surface area (Å²) in [6.07, 6.45) is 0.0256. The number of rotatable bonds is 4. The van der Waals surface area contributed by atoms with E-state index in [0.29, 0.717) is 0 Å². The van der Waals surface area contributed by atoms with Crippen molar-refractivity contribution in [1.29, 1.82) is 0 Å². The maximum absolute atomic E-state index is 10.8. The zero-order valence-corrected chi connectivity index (χ0v) is 12.2. The second kappa shape index (κ2) is 5.54. The smallest absolute Gasteiger partial charge is 0.307 e. The number of carbonyl (C=O) groups is 1. The van der Waals surface area contributed by atoms with Crippen LogP contribution in [-0.2, 0) is 11.2 Å². The molecule has 0 aliphatic carbocycles. The highest BCUT2D eigenvalue weighted by Gasteiger charge is 2.11. The van der Waals surface area contributed by atoms with E-state index in [9.17, 15) is 4.79 Å². The summed E-state index contributed by atoms with van der Waals surface area (Å²) in [5.41, 5.74) is 2.60. The second-order valence-electron chi connectivity index (χ2n) is 4.59. The highest BCUT2D eigenvalue weighted by molar-refractivity contribution is 7.21. The summed E-state index contributed by atoms with van der Waals surface area (Å²) in [7, 11) is 1.64. The predicted molar refractivity (Wildman–Crippen MR) is 82.9 cm³/mol. The Morgan fingerprint density at radius 2 is 2.10 bits per heavy atom. The molecule has 0 bridgehead atoms. The Labute approximate surface area is 125 Å². The van der Waals surface area contributed by atoms with Crippen LogP contribution in [0.1, 0.15) is 5.56 Å². The molecule has 1 N–H and O–H groups in total. The third-order valence-corrected chi connectivity index (χ3v) is 4.20. The predicted octanol–water partition coefficient (Wildman–Crippen LogP) is 3.60. The van der Waals surface area contributed by atoms with Crippen molar-refractivity contribution in [2.75, 3.05) is 7.11 Å². The van der Waals surface area contributed by atoms with E-state index in [1.807, 2.05) is 42.5 Å². The van der Waals surface area contributed by atoms with Gasteiger partial charge in [0.15, 0.2) is 0 Å². The number of nitrogens with zero attached hydrogens (tertiary/aromatic N) is 1. The van der Waals surface area contributed by atoms with Crippen molar-refractivity contribution in [1.82, 2.24) is 4.98 Å². The SMILES string of the molecule is COc1ccccc1-c1nc2ccc(CC(=O)O)cc2s1. The van der Waals surface area contributed by atoms with Gasteiger partial charge in [0, 0.05) is 0 Å². The Bertz CT molecular complexity index is 810. The Kier molecular flexibility index (Phi) is 3.58. The van der Waals surface area contributed by atoms with Crippen LogP contribution < -0.4 is 4.74 Å². The van der Waals surface area contributed by atoms with Gasteiger partial charge in [0.05, 0.1) is 29.3 Å². The van der Waals surface area contributed by atoms with Gasteiger partial charge in [-0.2, -0.15) is 0 Å². The Morgan fingerprint density at radius 1 is 1.29 bits per heavy atom. The lowest BCUT2D eigenvalue weighted by Crippen LogP contribution is -1.99. The van der Waals surface area contributed by atoms with Crippen molar-refractivity contribution >= 4 is 27.5 Å². The molecule has 0 aliphatic rings. The largest absolute Gasteiger partial charge is 0.496 e. The van der Waals surface area contributed by atoms with Crippen molar-refractivity contribution in [3.05, 3.63) is 48.0 Å². The average molecular weight is 299 g/mol. The molecule has 106 valence electrons. The Morgan fingerprint density at radius 3 is 2.86 bits per heavy atom. The van der Waals surface area contributed by atoms with Crippen molar-refractivity contribution in [2.45, 2.75) is 6.42 Å². The van der Waals surface area contributed by atoms with Crippen LogP contribution in [0.2, 0.25) is 0 Å². The molecule has 1 heterocycles. The standard InChI is InChI=1S/C16H13NO3S/c1-20-13-5-3-2-4-11(13)16-17-12-7-6-10(9-15(18)19)8-14(12)21-16/h2-8H,9H2,1H3,(H,18,19). The number of hydrogen-bond donors (Lipinski definition) is 1. The van der Waals surface area contributed by atoms with Crippen LogP contribution in [0, 0.1) is 0 Å². The zero-order valence-electron chi connectivity index (χ0n) is 11.4. The maximum Gasteiger partial charge on any atom is 0.307 e. The lowest BCUT2D eigenvalue weighted by Gasteiger charge is -2.04. The summed E-state index contributed by atoms with van der Waals surface area (Å²) in [6.45, 7) is 0. The van der Waals surface area contributed by atoms with Gasteiger partial charge in [-0.05, 0) is 29.8 Å². The first-order valence-corrected chi connectivity index (χ1v) is 7.23. The summed E-state index contributed by atoms with van der Waals surface area (Å²) in [5.74, 6) is -0.0499. The fraction of sp³-hybridized carbons (Fsp3) is 0.125. The molecule has 0 spiro atoms. The molecule has 0 unspecified atom stereocenters. The van der Waals surface area contributed by atoms with Crippen molar-refractivity contribution in [2.24, 2.45) is 0 Å². The molecule has 5 heteroatoms. The number of carboxylic acids is 1. The third-order valence-electron chi connectivity index (χ3n) is 3.15. The molecular formula is C16H13NO3S. The number of para-hydroxylation sites is 1. The van der Waals surface area contributed by atoms with E-state index in [1.165, 1.54) is 11.3 Å². The topological polar surface area (TPSA) is 59.4 Å². The van der Waals surface area contributed by atoms with Crippen LogP contribution in [0.15, 0.2) is 42.5 Å². The lowest BCUT2D eigenvalue weighted by molar-refractivity contribution is -0.136. The first-order chi connectivity index (χ1) is 10.2. The van der Waals surface area contributed by atoms with Crippen molar-refractivity contribution < 1.29 is 14.6 Å². The lowest BCUT2D eigenvalue weighted by atomic mass is 10.1. The molecular weight excluding hydrogens is 286 g/mol. The van der Waals surface area contributed by atoms with Crippen LogP contribution in [0.4, 0.5) is 0 Å². The van der Waals surface area contributed by atoms with Crippen LogP contribution in [0.5, 0.6) is 5.75 Å². The molecule has 0 saturated carbocycles. The van der Waals surface area contributed by atoms with Gasteiger partial charge in [-0.1, -0.05) is 18.2 Å². The molecule has 21 heavy (non-hydrogen) atoms. The molecule has 0 aliphatic heterocycles. The van der Waals surface area contributed by atoms with E-state index in [-0.39, 0.29) is 6.42 Å². The molecule has 2 aromatic carbocycles. The number of hydrogen-bond acceptors (Lipinski definition) is 4. The van der Waals surface area contributed by atoms with E-state index >= 15 is 0 Å².